The third kappa shape index (κ3) is 3.96. The zero-order valence-corrected chi connectivity index (χ0v) is 13.3. The number of tetrazole rings is 1. The molecular formula is C14H23N5OS. The summed E-state index contributed by atoms with van der Waals surface area (Å²) in [5, 5.41) is 15.0. The summed E-state index contributed by atoms with van der Waals surface area (Å²) in [7, 11) is 0. The maximum Gasteiger partial charge on any atom is 0.233 e. The van der Waals surface area contributed by atoms with Crippen molar-refractivity contribution < 1.29 is 4.79 Å². The number of nitrogens with zero attached hydrogens (tertiary/aromatic N) is 4. The van der Waals surface area contributed by atoms with Crippen LogP contribution in [0.4, 0.5) is 0 Å². The van der Waals surface area contributed by atoms with Crippen molar-refractivity contribution in [2.75, 3.05) is 0 Å². The van der Waals surface area contributed by atoms with Gasteiger partial charge in [0.05, 0.1) is 17.0 Å². The van der Waals surface area contributed by atoms with Gasteiger partial charge in [-0.05, 0) is 43.0 Å². The Balaban J connectivity index is 1.45. The van der Waals surface area contributed by atoms with Gasteiger partial charge in [0, 0.05) is 6.04 Å². The molecule has 1 atom stereocenters. The molecule has 0 aliphatic heterocycles. The Morgan fingerprint density at radius 3 is 2.81 bits per heavy atom. The Morgan fingerprint density at radius 2 is 2.10 bits per heavy atom. The van der Waals surface area contributed by atoms with E-state index in [0.717, 1.165) is 18.7 Å². The molecule has 1 aromatic rings. The average Bonchev–Trinajstić information content (AvgIpc) is 3.24. The van der Waals surface area contributed by atoms with E-state index in [4.69, 9.17) is 0 Å². The van der Waals surface area contributed by atoms with E-state index in [1.165, 1.54) is 32.1 Å². The van der Waals surface area contributed by atoms with Crippen molar-refractivity contribution in [3.63, 3.8) is 0 Å². The number of rotatable bonds is 6. The van der Waals surface area contributed by atoms with E-state index in [2.05, 4.69) is 20.8 Å². The number of carbonyl (C=O) groups excluding carboxylic acids is 1. The minimum absolute atomic E-state index is 0.0590. The summed E-state index contributed by atoms with van der Waals surface area (Å²) in [6.07, 6.45) is 8.37. The molecule has 2 aliphatic carbocycles. The summed E-state index contributed by atoms with van der Waals surface area (Å²) in [4.78, 5) is 12.2. The van der Waals surface area contributed by atoms with Crippen LogP contribution < -0.4 is 5.32 Å². The van der Waals surface area contributed by atoms with Crippen LogP contribution in [0.15, 0.2) is 0 Å². The number of hydrogen-bond donors (Lipinski definition) is 1. The average molecular weight is 309 g/mol. The minimum atomic E-state index is -0.0590. The lowest BCUT2D eigenvalue weighted by atomic mass is 9.95. The van der Waals surface area contributed by atoms with Gasteiger partial charge in [-0.1, -0.05) is 19.3 Å². The molecule has 2 aliphatic rings. The highest BCUT2D eigenvalue weighted by atomic mass is 32.2. The number of aromatic nitrogens is 4. The van der Waals surface area contributed by atoms with Gasteiger partial charge in [0.15, 0.2) is 5.82 Å². The first-order chi connectivity index (χ1) is 10.2. The second-order valence-electron chi connectivity index (χ2n) is 6.07. The number of nitrogens with one attached hydrogen (secondary N) is 1. The van der Waals surface area contributed by atoms with Crippen LogP contribution in [-0.2, 0) is 10.5 Å². The molecule has 0 spiro atoms. The predicted octanol–water partition coefficient (Wildman–Crippen LogP) is 2.08. The molecule has 7 heteroatoms. The van der Waals surface area contributed by atoms with E-state index in [1.807, 2.05) is 11.6 Å². The van der Waals surface area contributed by atoms with Crippen molar-refractivity contribution in [3.8, 4) is 0 Å². The van der Waals surface area contributed by atoms with Crippen molar-refractivity contribution in [2.24, 2.45) is 0 Å². The highest BCUT2D eigenvalue weighted by Gasteiger charge is 2.28. The lowest BCUT2D eigenvalue weighted by Crippen LogP contribution is -2.40. The standard InChI is InChI=1S/C14H23N5OS/c1-10(14(20)15-11-5-3-2-4-6-11)21-9-13-16-17-18-19(13)12-7-8-12/h10-12H,2-9H2,1H3,(H,15,20)/t10-/m0/s1. The molecule has 1 N–H and O–H groups in total. The quantitative estimate of drug-likeness (QED) is 0.871. The topological polar surface area (TPSA) is 72.7 Å². The molecule has 1 amide bonds. The van der Waals surface area contributed by atoms with E-state index >= 15 is 0 Å². The molecule has 0 aromatic carbocycles. The molecule has 2 saturated carbocycles. The van der Waals surface area contributed by atoms with E-state index in [9.17, 15) is 4.79 Å². The number of amides is 1. The predicted molar refractivity (Wildman–Crippen MR) is 81.9 cm³/mol. The zero-order chi connectivity index (χ0) is 14.7. The van der Waals surface area contributed by atoms with Crippen molar-refractivity contribution in [2.45, 2.75) is 75.0 Å². The van der Waals surface area contributed by atoms with Crippen LogP contribution >= 0.6 is 11.8 Å². The lowest BCUT2D eigenvalue weighted by Gasteiger charge is -2.24. The summed E-state index contributed by atoms with van der Waals surface area (Å²) in [6.45, 7) is 1.97. The molecule has 1 heterocycles. The SMILES string of the molecule is C[C@H](SCc1nnnn1C1CC1)C(=O)NC1CCCCC1. The fourth-order valence-corrected chi connectivity index (χ4v) is 3.56. The van der Waals surface area contributed by atoms with Crippen LogP contribution in [0.3, 0.4) is 0 Å². The van der Waals surface area contributed by atoms with Gasteiger partial charge in [0.2, 0.25) is 5.91 Å². The Bertz CT molecular complexity index is 481. The molecule has 0 saturated heterocycles. The van der Waals surface area contributed by atoms with Crippen LogP contribution in [-0.4, -0.2) is 37.4 Å². The van der Waals surface area contributed by atoms with Crippen LogP contribution in [0.1, 0.15) is 63.7 Å². The van der Waals surface area contributed by atoms with Crippen LogP contribution in [0.5, 0.6) is 0 Å². The van der Waals surface area contributed by atoms with Crippen LogP contribution in [0.2, 0.25) is 0 Å². The third-order valence-corrected chi connectivity index (χ3v) is 5.38. The zero-order valence-electron chi connectivity index (χ0n) is 12.5. The first-order valence-electron chi connectivity index (χ1n) is 7.93. The fraction of sp³-hybridized carbons (Fsp3) is 0.857. The number of hydrogen-bond acceptors (Lipinski definition) is 5. The van der Waals surface area contributed by atoms with Gasteiger partial charge in [0.25, 0.3) is 0 Å². The molecule has 1 aromatic heterocycles. The van der Waals surface area contributed by atoms with E-state index in [0.29, 0.717) is 17.8 Å². The Morgan fingerprint density at radius 1 is 1.33 bits per heavy atom. The molecule has 116 valence electrons. The number of carbonyl (C=O) groups is 1. The Labute approximate surface area is 129 Å². The van der Waals surface area contributed by atoms with Gasteiger partial charge < -0.3 is 5.32 Å². The lowest BCUT2D eigenvalue weighted by molar-refractivity contribution is -0.121. The maximum atomic E-state index is 12.2. The third-order valence-electron chi connectivity index (χ3n) is 4.24. The van der Waals surface area contributed by atoms with Crippen molar-refractivity contribution in [1.29, 1.82) is 0 Å². The van der Waals surface area contributed by atoms with Gasteiger partial charge in [-0.2, -0.15) is 0 Å². The normalized spacial score (nSPS) is 21.2. The highest BCUT2D eigenvalue weighted by molar-refractivity contribution is 7.99. The molecule has 0 bridgehead atoms. The van der Waals surface area contributed by atoms with Gasteiger partial charge in [-0.15, -0.1) is 16.9 Å². The molecular weight excluding hydrogens is 286 g/mol. The summed E-state index contributed by atoms with van der Waals surface area (Å²) >= 11 is 1.61. The van der Waals surface area contributed by atoms with Crippen LogP contribution in [0.25, 0.3) is 0 Å². The maximum absolute atomic E-state index is 12.2. The van der Waals surface area contributed by atoms with E-state index in [-0.39, 0.29) is 11.2 Å². The van der Waals surface area contributed by atoms with Gasteiger partial charge >= 0.3 is 0 Å². The fourth-order valence-electron chi connectivity index (χ4n) is 2.75. The van der Waals surface area contributed by atoms with Gasteiger partial charge in [-0.3, -0.25) is 4.79 Å². The molecule has 0 unspecified atom stereocenters. The van der Waals surface area contributed by atoms with Gasteiger partial charge in [0.1, 0.15) is 0 Å². The molecule has 21 heavy (non-hydrogen) atoms. The van der Waals surface area contributed by atoms with Crippen LogP contribution in [0, 0.1) is 0 Å². The second-order valence-corrected chi connectivity index (χ2v) is 7.40. The summed E-state index contributed by atoms with van der Waals surface area (Å²) in [5.41, 5.74) is 0. The minimum Gasteiger partial charge on any atom is -0.352 e. The second kappa shape index (κ2) is 6.77. The largest absolute Gasteiger partial charge is 0.352 e. The summed E-state index contributed by atoms with van der Waals surface area (Å²) < 4.78 is 1.92. The number of thioether (sulfide) groups is 1. The van der Waals surface area contributed by atoms with E-state index in [1.54, 1.807) is 11.8 Å². The highest BCUT2D eigenvalue weighted by Crippen LogP contribution is 2.35. The summed E-state index contributed by atoms with van der Waals surface area (Å²) in [5.74, 6) is 1.74. The molecule has 6 nitrogen and oxygen atoms in total. The van der Waals surface area contributed by atoms with Crippen molar-refractivity contribution >= 4 is 17.7 Å². The summed E-state index contributed by atoms with van der Waals surface area (Å²) in [6, 6.07) is 0.869. The molecule has 2 fully saturated rings. The Hall–Kier alpha value is -1.11. The van der Waals surface area contributed by atoms with Gasteiger partial charge in [-0.25, -0.2) is 4.68 Å². The van der Waals surface area contributed by atoms with Crippen molar-refractivity contribution in [1.82, 2.24) is 25.5 Å². The van der Waals surface area contributed by atoms with E-state index < -0.39 is 0 Å². The molecule has 3 rings (SSSR count). The first-order valence-corrected chi connectivity index (χ1v) is 8.97. The van der Waals surface area contributed by atoms with Crippen molar-refractivity contribution in [3.05, 3.63) is 5.82 Å². The first kappa shape index (κ1) is 14.8. The smallest absolute Gasteiger partial charge is 0.233 e. The Kier molecular flexibility index (Phi) is 4.77. The monoisotopic (exact) mass is 309 g/mol. The molecule has 0 radical (unpaired) electrons.